The van der Waals surface area contributed by atoms with Crippen molar-refractivity contribution >= 4 is 18.2 Å². The van der Waals surface area contributed by atoms with Crippen molar-refractivity contribution in [1.29, 1.82) is 0 Å². The fraction of sp³-hybridized carbons (Fsp3) is 0.471. The van der Waals surface area contributed by atoms with E-state index in [9.17, 15) is 4.79 Å². The second-order valence-electron chi connectivity index (χ2n) is 5.32. The quantitative estimate of drug-likeness (QED) is 0.685. The first-order valence-corrected chi connectivity index (χ1v) is 7.69. The summed E-state index contributed by atoms with van der Waals surface area (Å²) in [6.45, 7) is 8.29. The molecule has 0 spiro atoms. The monoisotopic (exact) mass is 318 g/mol. The van der Waals surface area contributed by atoms with Crippen LogP contribution in [0.4, 0.5) is 4.79 Å². The van der Waals surface area contributed by atoms with Crippen molar-refractivity contribution in [3.05, 3.63) is 29.8 Å². The van der Waals surface area contributed by atoms with Gasteiger partial charge in [0.25, 0.3) is 0 Å². The van der Waals surface area contributed by atoms with E-state index in [4.69, 9.17) is 4.74 Å². The van der Waals surface area contributed by atoms with E-state index >= 15 is 0 Å². The second-order valence-corrected chi connectivity index (χ2v) is 5.32. The van der Waals surface area contributed by atoms with Crippen molar-refractivity contribution in [2.45, 2.75) is 39.8 Å². The number of nitrogens with one attached hydrogen (secondary N) is 1. The van der Waals surface area contributed by atoms with E-state index in [0.717, 1.165) is 11.3 Å². The predicted molar refractivity (Wildman–Crippen MR) is 94.3 cm³/mol. The number of carbonyl (C=O) groups excluding carboxylic acids is 1. The summed E-state index contributed by atoms with van der Waals surface area (Å²) in [4.78, 5) is 21.9. The molecule has 0 saturated carbocycles. The molecular formula is C17H26N4O2. The Morgan fingerprint density at radius 1 is 1.26 bits per heavy atom. The number of amides is 2. The Morgan fingerprint density at radius 3 is 2.39 bits per heavy atom. The number of amidine groups is 1. The number of nitrogens with zero attached hydrogens (tertiary/aromatic N) is 3. The SMILES string of the molecule is CC.CN=CN=C1N(Cc2ccc(OC)cc2)C(=O)NC1(C)C. The Hall–Kier alpha value is -2.37. The average Bonchev–Trinajstić information content (AvgIpc) is 2.76. The van der Waals surface area contributed by atoms with Crippen molar-refractivity contribution in [2.75, 3.05) is 14.2 Å². The molecule has 1 heterocycles. The summed E-state index contributed by atoms with van der Waals surface area (Å²) in [5.41, 5.74) is 0.495. The van der Waals surface area contributed by atoms with Crippen molar-refractivity contribution in [3.63, 3.8) is 0 Å². The van der Waals surface area contributed by atoms with E-state index in [1.54, 1.807) is 19.1 Å². The molecule has 23 heavy (non-hydrogen) atoms. The third-order valence-electron chi connectivity index (χ3n) is 3.27. The van der Waals surface area contributed by atoms with E-state index in [0.29, 0.717) is 12.4 Å². The fourth-order valence-corrected chi connectivity index (χ4v) is 2.23. The van der Waals surface area contributed by atoms with Crippen LogP contribution in [0.3, 0.4) is 0 Å². The maximum absolute atomic E-state index is 12.2. The van der Waals surface area contributed by atoms with Gasteiger partial charge in [0, 0.05) is 7.05 Å². The number of carbonyl (C=O) groups is 1. The van der Waals surface area contributed by atoms with Crippen LogP contribution in [0.5, 0.6) is 5.75 Å². The molecule has 6 nitrogen and oxygen atoms in total. The number of aliphatic imine (C=N–C) groups is 2. The first-order chi connectivity index (χ1) is 11.0. The number of rotatable bonds is 4. The molecule has 1 aliphatic rings. The Kier molecular flexibility index (Phi) is 6.75. The van der Waals surface area contributed by atoms with Gasteiger partial charge in [0.05, 0.1) is 19.2 Å². The van der Waals surface area contributed by atoms with E-state index < -0.39 is 5.54 Å². The lowest BCUT2D eigenvalue weighted by Crippen LogP contribution is -2.40. The Morgan fingerprint density at radius 2 is 1.87 bits per heavy atom. The number of methoxy groups -OCH3 is 1. The van der Waals surface area contributed by atoms with E-state index in [-0.39, 0.29) is 6.03 Å². The Balaban J connectivity index is 0.00000127. The van der Waals surface area contributed by atoms with Crippen LogP contribution in [-0.4, -0.2) is 42.8 Å². The average molecular weight is 318 g/mol. The molecule has 126 valence electrons. The van der Waals surface area contributed by atoms with Gasteiger partial charge in [-0.1, -0.05) is 26.0 Å². The number of hydrogen-bond donors (Lipinski definition) is 1. The van der Waals surface area contributed by atoms with Crippen LogP contribution in [0.15, 0.2) is 34.3 Å². The smallest absolute Gasteiger partial charge is 0.323 e. The first kappa shape index (κ1) is 18.7. The van der Waals surface area contributed by atoms with E-state index in [2.05, 4.69) is 15.3 Å². The van der Waals surface area contributed by atoms with Crippen LogP contribution in [-0.2, 0) is 6.54 Å². The van der Waals surface area contributed by atoms with Crippen LogP contribution in [0, 0.1) is 0 Å². The summed E-state index contributed by atoms with van der Waals surface area (Å²) in [6.07, 6.45) is 1.46. The highest BCUT2D eigenvalue weighted by Crippen LogP contribution is 2.21. The number of hydrogen-bond acceptors (Lipinski definition) is 3. The lowest BCUT2D eigenvalue weighted by molar-refractivity contribution is 0.225. The second kappa shape index (κ2) is 8.31. The molecule has 6 heteroatoms. The van der Waals surface area contributed by atoms with Crippen LogP contribution in [0.25, 0.3) is 0 Å². The maximum Gasteiger partial charge on any atom is 0.323 e. The van der Waals surface area contributed by atoms with Gasteiger partial charge in [0.1, 0.15) is 17.9 Å². The van der Waals surface area contributed by atoms with Gasteiger partial charge in [0.15, 0.2) is 0 Å². The lowest BCUT2D eigenvalue weighted by atomic mass is 10.1. The molecule has 1 aliphatic heterocycles. The zero-order chi connectivity index (χ0) is 17.5. The molecule has 0 bridgehead atoms. The standard InChI is InChI=1S/C15H20N4O2.C2H6/c1-15(2)13(17-10-16-3)19(14(20)18-15)9-11-5-7-12(21-4)8-6-11;1-2/h5-8,10H,9H2,1-4H3,(H,18,20);1-2H3. The van der Waals surface area contributed by atoms with Gasteiger partial charge < -0.3 is 10.1 Å². The molecule has 1 fully saturated rings. The van der Waals surface area contributed by atoms with Gasteiger partial charge in [0.2, 0.25) is 0 Å². The normalized spacial score (nSPS) is 17.9. The van der Waals surface area contributed by atoms with Crippen molar-refractivity contribution in [3.8, 4) is 5.75 Å². The predicted octanol–water partition coefficient (Wildman–Crippen LogP) is 3.08. The van der Waals surface area contributed by atoms with Crippen LogP contribution in [0.2, 0.25) is 0 Å². The third kappa shape index (κ3) is 4.55. The molecule has 0 atom stereocenters. The number of urea groups is 1. The van der Waals surface area contributed by atoms with Gasteiger partial charge in [-0.05, 0) is 31.5 Å². The highest BCUT2D eigenvalue weighted by molar-refractivity contribution is 6.11. The lowest BCUT2D eigenvalue weighted by Gasteiger charge is -2.20. The molecule has 1 aromatic carbocycles. The fourth-order valence-electron chi connectivity index (χ4n) is 2.23. The van der Waals surface area contributed by atoms with Crippen molar-refractivity contribution in [1.82, 2.24) is 10.2 Å². The molecule has 0 aliphatic carbocycles. The minimum Gasteiger partial charge on any atom is -0.497 e. The molecule has 1 aromatic rings. The van der Waals surface area contributed by atoms with Crippen LogP contribution >= 0.6 is 0 Å². The summed E-state index contributed by atoms with van der Waals surface area (Å²) in [5.74, 6) is 1.45. The molecule has 2 rings (SSSR count). The molecule has 0 aromatic heterocycles. The van der Waals surface area contributed by atoms with Gasteiger partial charge in [-0.15, -0.1) is 0 Å². The molecule has 2 amide bonds. The minimum atomic E-state index is -0.509. The van der Waals surface area contributed by atoms with Crippen LogP contribution < -0.4 is 10.1 Å². The largest absolute Gasteiger partial charge is 0.497 e. The summed E-state index contributed by atoms with van der Waals surface area (Å²) < 4.78 is 5.13. The molecule has 1 N–H and O–H groups in total. The maximum atomic E-state index is 12.2. The number of benzene rings is 1. The van der Waals surface area contributed by atoms with E-state index in [1.807, 2.05) is 52.0 Å². The van der Waals surface area contributed by atoms with Crippen molar-refractivity contribution < 1.29 is 9.53 Å². The molecule has 0 unspecified atom stereocenters. The summed E-state index contributed by atoms with van der Waals surface area (Å²) in [7, 11) is 3.27. The van der Waals surface area contributed by atoms with Gasteiger partial charge in [-0.25, -0.2) is 9.79 Å². The van der Waals surface area contributed by atoms with Gasteiger partial charge in [-0.2, -0.15) is 0 Å². The highest BCUT2D eigenvalue weighted by Gasteiger charge is 2.41. The number of ether oxygens (including phenoxy) is 1. The van der Waals surface area contributed by atoms with E-state index in [1.165, 1.54) is 6.34 Å². The topological polar surface area (TPSA) is 66.3 Å². The summed E-state index contributed by atoms with van der Waals surface area (Å²) in [6, 6.07) is 7.46. The summed E-state index contributed by atoms with van der Waals surface area (Å²) >= 11 is 0. The zero-order valence-corrected chi connectivity index (χ0v) is 14.8. The highest BCUT2D eigenvalue weighted by atomic mass is 16.5. The zero-order valence-electron chi connectivity index (χ0n) is 14.8. The van der Waals surface area contributed by atoms with Crippen LogP contribution in [0.1, 0.15) is 33.3 Å². The van der Waals surface area contributed by atoms with Crippen molar-refractivity contribution in [2.24, 2.45) is 9.98 Å². The Labute approximate surface area is 138 Å². The Bertz CT molecular complexity index is 577. The molecule has 1 saturated heterocycles. The first-order valence-electron chi connectivity index (χ1n) is 7.69. The molecule has 0 radical (unpaired) electrons. The minimum absolute atomic E-state index is 0.154. The summed E-state index contributed by atoms with van der Waals surface area (Å²) in [5, 5.41) is 2.91. The van der Waals surface area contributed by atoms with Gasteiger partial charge in [-0.3, -0.25) is 9.89 Å². The molecular weight excluding hydrogens is 292 g/mol. The third-order valence-corrected chi connectivity index (χ3v) is 3.27. The van der Waals surface area contributed by atoms with Gasteiger partial charge >= 0.3 is 6.03 Å².